The number of carboxylic acids is 1. The third kappa shape index (κ3) is 3.87. The van der Waals surface area contributed by atoms with Gasteiger partial charge < -0.3 is 19.9 Å². The molecule has 114 valence electrons. The number of benzene rings is 1. The number of aromatic carboxylic acids is 1. The van der Waals surface area contributed by atoms with E-state index in [1.54, 1.807) is 32.9 Å². The van der Waals surface area contributed by atoms with Crippen LogP contribution in [0.5, 0.6) is 5.75 Å². The van der Waals surface area contributed by atoms with Crippen LogP contribution in [0.25, 0.3) is 0 Å². The van der Waals surface area contributed by atoms with Crippen molar-refractivity contribution in [3.8, 4) is 5.75 Å². The minimum Gasteiger partial charge on any atom is -0.491 e. The molecule has 0 fully saturated rings. The summed E-state index contributed by atoms with van der Waals surface area (Å²) in [4.78, 5) is 23.0. The van der Waals surface area contributed by atoms with Crippen LogP contribution in [0, 0.1) is 0 Å². The van der Waals surface area contributed by atoms with Gasteiger partial charge >= 0.3 is 12.1 Å². The molecular formula is C15H19NO5. The highest BCUT2D eigenvalue weighted by atomic mass is 16.6. The van der Waals surface area contributed by atoms with Crippen LogP contribution in [0.1, 0.15) is 36.7 Å². The van der Waals surface area contributed by atoms with E-state index < -0.39 is 17.7 Å². The zero-order valence-electron chi connectivity index (χ0n) is 12.3. The van der Waals surface area contributed by atoms with Crippen LogP contribution in [-0.4, -0.2) is 35.4 Å². The molecule has 1 heterocycles. The van der Waals surface area contributed by atoms with Crippen LogP contribution in [0.4, 0.5) is 4.79 Å². The summed E-state index contributed by atoms with van der Waals surface area (Å²) >= 11 is 0. The molecule has 21 heavy (non-hydrogen) atoms. The first-order chi connectivity index (χ1) is 9.76. The Balaban J connectivity index is 2.09. The molecule has 1 unspecified atom stereocenters. The Bertz CT molecular complexity index is 562. The lowest BCUT2D eigenvalue weighted by atomic mass is 9.97. The van der Waals surface area contributed by atoms with Crippen molar-refractivity contribution in [1.29, 1.82) is 0 Å². The van der Waals surface area contributed by atoms with E-state index in [1.165, 1.54) is 6.07 Å². The summed E-state index contributed by atoms with van der Waals surface area (Å²) in [6.07, 6.45) is -0.135. The van der Waals surface area contributed by atoms with E-state index in [0.29, 0.717) is 17.7 Å². The highest BCUT2D eigenvalue weighted by Gasteiger charge is 2.27. The van der Waals surface area contributed by atoms with Gasteiger partial charge in [-0.05, 0) is 32.9 Å². The maximum Gasteiger partial charge on any atom is 0.408 e. The minimum atomic E-state index is -1.01. The van der Waals surface area contributed by atoms with Crippen molar-refractivity contribution in [1.82, 2.24) is 5.32 Å². The molecule has 0 saturated heterocycles. The van der Waals surface area contributed by atoms with Gasteiger partial charge in [-0.25, -0.2) is 9.59 Å². The molecule has 1 aliphatic rings. The van der Waals surface area contributed by atoms with Gasteiger partial charge in [0.05, 0.1) is 11.6 Å². The number of carbonyl (C=O) groups is 2. The lowest BCUT2D eigenvalue weighted by Crippen LogP contribution is -2.45. The summed E-state index contributed by atoms with van der Waals surface area (Å²) in [6.45, 7) is 5.63. The molecule has 0 bridgehead atoms. The highest BCUT2D eigenvalue weighted by Crippen LogP contribution is 2.28. The number of fused-ring (bicyclic) bond motifs is 1. The van der Waals surface area contributed by atoms with Crippen molar-refractivity contribution in [2.45, 2.75) is 38.8 Å². The van der Waals surface area contributed by atoms with Crippen LogP contribution in [0.15, 0.2) is 18.2 Å². The molecule has 2 N–H and O–H groups in total. The summed E-state index contributed by atoms with van der Waals surface area (Å²) < 4.78 is 10.7. The average molecular weight is 293 g/mol. The van der Waals surface area contributed by atoms with Crippen molar-refractivity contribution in [3.63, 3.8) is 0 Å². The fraction of sp³-hybridized carbons (Fsp3) is 0.467. The van der Waals surface area contributed by atoms with Gasteiger partial charge in [-0.3, -0.25) is 0 Å². The Morgan fingerprint density at radius 3 is 2.71 bits per heavy atom. The third-order valence-electron chi connectivity index (χ3n) is 2.97. The number of carboxylic acid groups (broad SMARTS) is 1. The van der Waals surface area contributed by atoms with Crippen molar-refractivity contribution < 1.29 is 24.2 Å². The number of nitrogens with one attached hydrogen (secondary N) is 1. The van der Waals surface area contributed by atoms with Gasteiger partial charge in [0.2, 0.25) is 0 Å². The van der Waals surface area contributed by atoms with E-state index in [-0.39, 0.29) is 18.2 Å². The Hall–Kier alpha value is -2.24. The number of hydrogen-bond acceptors (Lipinski definition) is 4. The Labute approximate surface area is 123 Å². The molecule has 1 aromatic carbocycles. The van der Waals surface area contributed by atoms with E-state index in [1.807, 2.05) is 0 Å². The fourth-order valence-electron chi connectivity index (χ4n) is 2.17. The fourth-order valence-corrected chi connectivity index (χ4v) is 2.17. The summed E-state index contributed by atoms with van der Waals surface area (Å²) in [5.74, 6) is -0.453. The van der Waals surface area contributed by atoms with E-state index in [0.717, 1.165) is 0 Å². The maximum atomic E-state index is 11.8. The predicted molar refractivity (Wildman–Crippen MR) is 75.8 cm³/mol. The molecule has 2 rings (SSSR count). The quantitative estimate of drug-likeness (QED) is 0.873. The zero-order chi connectivity index (χ0) is 15.6. The summed E-state index contributed by atoms with van der Waals surface area (Å²) in [5, 5.41) is 11.9. The smallest absolute Gasteiger partial charge is 0.408 e. The van der Waals surface area contributed by atoms with Crippen molar-refractivity contribution in [2.75, 3.05) is 6.61 Å². The van der Waals surface area contributed by atoms with Crippen molar-refractivity contribution in [2.24, 2.45) is 0 Å². The Morgan fingerprint density at radius 2 is 2.10 bits per heavy atom. The molecule has 6 nitrogen and oxygen atoms in total. The second-order valence-electron chi connectivity index (χ2n) is 5.95. The lowest BCUT2D eigenvalue weighted by Gasteiger charge is -2.28. The average Bonchev–Trinajstić information content (AvgIpc) is 2.35. The first-order valence-corrected chi connectivity index (χ1v) is 6.74. The highest BCUT2D eigenvalue weighted by molar-refractivity contribution is 5.90. The standard InChI is InChI=1S/C15H19NO5/c1-15(2,3)21-14(19)16-9-7-11-10(13(17)18)5-4-6-12(11)20-8-9/h4-6,9H,7-8H2,1-3H3,(H,16,19)(H,17,18). The topological polar surface area (TPSA) is 84.9 Å². The summed E-state index contributed by atoms with van der Waals surface area (Å²) in [6, 6.07) is 4.59. The summed E-state index contributed by atoms with van der Waals surface area (Å²) in [7, 11) is 0. The number of ether oxygens (including phenoxy) is 2. The zero-order valence-corrected chi connectivity index (χ0v) is 12.3. The minimum absolute atomic E-state index is 0.197. The third-order valence-corrected chi connectivity index (χ3v) is 2.97. The Kier molecular flexibility index (Phi) is 4.06. The SMILES string of the molecule is CC(C)(C)OC(=O)NC1COc2cccc(C(=O)O)c2C1. The normalized spacial score (nSPS) is 17.4. The van der Waals surface area contributed by atoms with Crippen LogP contribution in [-0.2, 0) is 11.2 Å². The molecule has 6 heteroatoms. The molecule has 0 radical (unpaired) electrons. The van der Waals surface area contributed by atoms with E-state index in [4.69, 9.17) is 9.47 Å². The number of rotatable bonds is 2. The molecule has 0 saturated carbocycles. The molecule has 0 spiro atoms. The molecule has 1 aliphatic heterocycles. The van der Waals surface area contributed by atoms with Gasteiger partial charge in [-0.2, -0.15) is 0 Å². The van der Waals surface area contributed by atoms with Crippen LogP contribution < -0.4 is 10.1 Å². The molecule has 1 amide bonds. The number of carbonyl (C=O) groups excluding carboxylic acids is 1. The first kappa shape index (κ1) is 15.2. The van der Waals surface area contributed by atoms with Crippen LogP contribution in [0.3, 0.4) is 0 Å². The van der Waals surface area contributed by atoms with Gasteiger partial charge in [0.15, 0.2) is 0 Å². The van der Waals surface area contributed by atoms with E-state index in [9.17, 15) is 14.7 Å². The Morgan fingerprint density at radius 1 is 1.38 bits per heavy atom. The largest absolute Gasteiger partial charge is 0.491 e. The second kappa shape index (κ2) is 5.63. The molecule has 1 atom stereocenters. The first-order valence-electron chi connectivity index (χ1n) is 6.74. The molecular weight excluding hydrogens is 274 g/mol. The van der Waals surface area contributed by atoms with Gasteiger partial charge in [-0.15, -0.1) is 0 Å². The monoisotopic (exact) mass is 293 g/mol. The van der Waals surface area contributed by atoms with Crippen LogP contribution >= 0.6 is 0 Å². The predicted octanol–water partition coefficient (Wildman–Crippen LogP) is 2.21. The van der Waals surface area contributed by atoms with Gasteiger partial charge in [-0.1, -0.05) is 6.07 Å². The van der Waals surface area contributed by atoms with Gasteiger partial charge in [0, 0.05) is 12.0 Å². The summed E-state index contributed by atoms with van der Waals surface area (Å²) in [5.41, 5.74) is 0.213. The van der Waals surface area contributed by atoms with E-state index >= 15 is 0 Å². The molecule has 0 aliphatic carbocycles. The van der Waals surface area contributed by atoms with E-state index in [2.05, 4.69) is 5.32 Å². The van der Waals surface area contributed by atoms with Crippen LogP contribution in [0.2, 0.25) is 0 Å². The lowest BCUT2D eigenvalue weighted by molar-refractivity contribution is 0.0481. The van der Waals surface area contributed by atoms with Gasteiger partial charge in [0.25, 0.3) is 0 Å². The number of amides is 1. The maximum absolute atomic E-state index is 11.8. The number of alkyl carbamates (subject to hydrolysis) is 1. The number of hydrogen-bond donors (Lipinski definition) is 2. The molecule has 1 aromatic rings. The second-order valence-corrected chi connectivity index (χ2v) is 5.95. The van der Waals surface area contributed by atoms with Crippen molar-refractivity contribution >= 4 is 12.1 Å². The van der Waals surface area contributed by atoms with Gasteiger partial charge in [0.1, 0.15) is 18.0 Å². The van der Waals surface area contributed by atoms with Crippen molar-refractivity contribution in [3.05, 3.63) is 29.3 Å². The molecule has 0 aromatic heterocycles.